The molecule has 0 spiro atoms. The fourth-order valence-electron chi connectivity index (χ4n) is 2.97. The van der Waals surface area contributed by atoms with Gasteiger partial charge in [-0.05, 0) is 43.4 Å². The summed E-state index contributed by atoms with van der Waals surface area (Å²) in [7, 11) is 2.14. The van der Waals surface area contributed by atoms with Crippen LogP contribution in [-0.2, 0) is 6.54 Å². The maximum Gasteiger partial charge on any atom is 0.317 e. The highest BCUT2D eigenvalue weighted by atomic mass is 16.2. The zero-order chi connectivity index (χ0) is 17.7. The quantitative estimate of drug-likeness (QED) is 0.902. The van der Waals surface area contributed by atoms with E-state index in [9.17, 15) is 4.79 Å². The van der Waals surface area contributed by atoms with Crippen LogP contribution in [0.15, 0.2) is 24.5 Å². The van der Waals surface area contributed by atoms with Crippen molar-refractivity contribution in [2.24, 2.45) is 11.3 Å². The summed E-state index contributed by atoms with van der Waals surface area (Å²) in [6.45, 7) is 12.1. The number of amides is 2. The van der Waals surface area contributed by atoms with Crippen molar-refractivity contribution in [3.05, 3.63) is 30.1 Å². The van der Waals surface area contributed by atoms with Crippen LogP contribution in [0, 0.1) is 11.3 Å². The Bertz CT molecular complexity index is 526. The molecule has 0 aromatic carbocycles. The largest absolute Gasteiger partial charge is 0.335 e. The number of urea groups is 1. The third kappa shape index (κ3) is 5.48. The van der Waals surface area contributed by atoms with Gasteiger partial charge in [-0.3, -0.25) is 4.98 Å². The highest BCUT2D eigenvalue weighted by Crippen LogP contribution is 2.21. The summed E-state index contributed by atoms with van der Waals surface area (Å²) in [6.07, 6.45) is 4.79. The van der Waals surface area contributed by atoms with Crippen molar-refractivity contribution in [3.63, 3.8) is 0 Å². The van der Waals surface area contributed by atoms with E-state index < -0.39 is 0 Å². The number of rotatable bonds is 5. The van der Waals surface area contributed by atoms with Gasteiger partial charge >= 0.3 is 6.03 Å². The molecular formula is C19H32N4O. The van der Waals surface area contributed by atoms with Gasteiger partial charge in [0.15, 0.2) is 0 Å². The number of hydrogen-bond acceptors (Lipinski definition) is 3. The number of pyridine rings is 1. The second-order valence-electron chi connectivity index (χ2n) is 8.20. The molecule has 1 saturated heterocycles. The first-order valence-corrected chi connectivity index (χ1v) is 8.88. The molecule has 5 nitrogen and oxygen atoms in total. The molecule has 2 unspecified atom stereocenters. The number of nitrogens with zero attached hydrogens (tertiary/aromatic N) is 3. The molecule has 1 aromatic heterocycles. The molecule has 2 amide bonds. The van der Waals surface area contributed by atoms with Crippen molar-refractivity contribution in [2.45, 2.75) is 46.7 Å². The van der Waals surface area contributed by atoms with Crippen molar-refractivity contribution in [1.29, 1.82) is 0 Å². The second-order valence-corrected chi connectivity index (χ2v) is 8.20. The third-order valence-electron chi connectivity index (χ3n) is 4.96. The highest BCUT2D eigenvalue weighted by molar-refractivity contribution is 5.74. The summed E-state index contributed by atoms with van der Waals surface area (Å²) in [4.78, 5) is 20.9. The maximum absolute atomic E-state index is 12.4. The monoisotopic (exact) mass is 332 g/mol. The summed E-state index contributed by atoms with van der Waals surface area (Å²) in [5, 5.41) is 3.14. The standard InChI is InChI=1S/C19H32N4O/c1-15(19(2,3)4)21-18(24)23-10-8-17(14-23)13-22(5)12-16-7-6-9-20-11-16/h6-7,9,11,15,17H,8,10,12-14H2,1-5H3,(H,21,24). The van der Waals surface area contributed by atoms with Gasteiger partial charge in [-0.2, -0.15) is 0 Å². The van der Waals surface area contributed by atoms with Crippen LogP contribution in [0.3, 0.4) is 0 Å². The van der Waals surface area contributed by atoms with Crippen LogP contribution in [0.4, 0.5) is 4.79 Å². The Morgan fingerprint density at radius 2 is 2.25 bits per heavy atom. The van der Waals surface area contributed by atoms with Gasteiger partial charge < -0.3 is 15.1 Å². The van der Waals surface area contributed by atoms with Crippen molar-refractivity contribution in [2.75, 3.05) is 26.7 Å². The van der Waals surface area contributed by atoms with E-state index in [2.05, 4.69) is 56.0 Å². The lowest BCUT2D eigenvalue weighted by Gasteiger charge is -2.30. The Morgan fingerprint density at radius 3 is 2.88 bits per heavy atom. The number of carbonyl (C=O) groups excluding carboxylic acids is 1. The number of hydrogen-bond donors (Lipinski definition) is 1. The summed E-state index contributed by atoms with van der Waals surface area (Å²) in [6, 6.07) is 4.32. The molecule has 1 N–H and O–H groups in total. The molecular weight excluding hydrogens is 300 g/mol. The Kier molecular flexibility index (Phi) is 6.21. The van der Waals surface area contributed by atoms with Gasteiger partial charge in [0.05, 0.1) is 0 Å². The minimum Gasteiger partial charge on any atom is -0.335 e. The first-order valence-electron chi connectivity index (χ1n) is 8.88. The third-order valence-corrected chi connectivity index (χ3v) is 4.96. The molecule has 1 aliphatic heterocycles. The Labute approximate surface area is 146 Å². The molecule has 1 aromatic rings. The lowest BCUT2D eigenvalue weighted by atomic mass is 9.88. The van der Waals surface area contributed by atoms with Crippen molar-refractivity contribution in [3.8, 4) is 0 Å². The first kappa shape index (κ1) is 18.7. The summed E-state index contributed by atoms with van der Waals surface area (Å²) in [5.74, 6) is 0.544. The number of likely N-dealkylation sites (tertiary alicyclic amines) is 1. The van der Waals surface area contributed by atoms with Crippen molar-refractivity contribution >= 4 is 6.03 Å². The first-order chi connectivity index (χ1) is 11.3. The molecule has 134 valence electrons. The minimum atomic E-state index is 0.0786. The second kappa shape index (κ2) is 7.97. The average molecular weight is 332 g/mol. The predicted octanol–water partition coefficient (Wildman–Crippen LogP) is 2.98. The molecule has 2 rings (SSSR count). The van der Waals surface area contributed by atoms with Gasteiger partial charge in [0.25, 0.3) is 0 Å². The van der Waals surface area contributed by atoms with E-state index in [0.29, 0.717) is 5.92 Å². The Hall–Kier alpha value is -1.62. The molecule has 2 heterocycles. The van der Waals surface area contributed by atoms with Crippen molar-refractivity contribution < 1.29 is 4.79 Å². The van der Waals surface area contributed by atoms with Gasteiger partial charge in [-0.25, -0.2) is 4.79 Å². The van der Waals surface area contributed by atoms with Gasteiger partial charge in [0.1, 0.15) is 0 Å². The number of nitrogens with one attached hydrogen (secondary N) is 1. The van der Waals surface area contributed by atoms with E-state index >= 15 is 0 Å². The number of carbonyl (C=O) groups is 1. The smallest absolute Gasteiger partial charge is 0.317 e. The lowest BCUT2D eigenvalue weighted by Crippen LogP contribution is -2.47. The van der Waals surface area contributed by atoms with Gasteiger partial charge in [-0.1, -0.05) is 26.8 Å². The fourth-order valence-corrected chi connectivity index (χ4v) is 2.97. The van der Waals surface area contributed by atoms with Crippen LogP contribution in [0.2, 0.25) is 0 Å². The molecule has 5 heteroatoms. The molecule has 1 fully saturated rings. The van der Waals surface area contributed by atoms with Crippen LogP contribution < -0.4 is 5.32 Å². The van der Waals surface area contributed by atoms with Crippen LogP contribution in [0.1, 0.15) is 39.7 Å². The molecule has 1 aliphatic rings. The summed E-state index contributed by atoms with van der Waals surface area (Å²) >= 11 is 0. The van der Waals surface area contributed by atoms with E-state index in [0.717, 1.165) is 32.6 Å². The normalized spacial score (nSPS) is 19.6. The highest BCUT2D eigenvalue weighted by Gasteiger charge is 2.29. The molecule has 0 bridgehead atoms. The summed E-state index contributed by atoms with van der Waals surface area (Å²) in [5.41, 5.74) is 1.31. The van der Waals surface area contributed by atoms with E-state index in [1.54, 1.807) is 6.20 Å². The molecule has 24 heavy (non-hydrogen) atoms. The molecule has 0 aliphatic carbocycles. The SMILES string of the molecule is CC(NC(=O)N1CCC(CN(C)Cc2cccnc2)C1)C(C)(C)C. The zero-order valence-corrected chi connectivity index (χ0v) is 15.7. The van der Waals surface area contributed by atoms with Crippen LogP contribution >= 0.6 is 0 Å². The van der Waals surface area contributed by atoms with Crippen molar-refractivity contribution in [1.82, 2.24) is 20.1 Å². The van der Waals surface area contributed by atoms with E-state index in [-0.39, 0.29) is 17.5 Å². The van der Waals surface area contributed by atoms with Crippen LogP contribution in [0.5, 0.6) is 0 Å². The molecule has 0 radical (unpaired) electrons. The zero-order valence-electron chi connectivity index (χ0n) is 15.7. The van der Waals surface area contributed by atoms with E-state index in [4.69, 9.17) is 0 Å². The predicted molar refractivity (Wildman–Crippen MR) is 97.7 cm³/mol. The minimum absolute atomic E-state index is 0.0786. The van der Waals surface area contributed by atoms with Crippen LogP contribution in [0.25, 0.3) is 0 Å². The van der Waals surface area contributed by atoms with Gasteiger partial charge in [0.2, 0.25) is 0 Å². The van der Waals surface area contributed by atoms with E-state index in [1.807, 2.05) is 17.2 Å². The topological polar surface area (TPSA) is 48.5 Å². The number of aromatic nitrogens is 1. The average Bonchev–Trinajstić information content (AvgIpc) is 2.95. The molecule has 0 saturated carbocycles. The lowest BCUT2D eigenvalue weighted by molar-refractivity contribution is 0.188. The summed E-state index contributed by atoms with van der Waals surface area (Å²) < 4.78 is 0. The molecule has 2 atom stereocenters. The Morgan fingerprint density at radius 1 is 1.50 bits per heavy atom. The van der Waals surface area contributed by atoms with Gasteiger partial charge in [-0.15, -0.1) is 0 Å². The van der Waals surface area contributed by atoms with E-state index in [1.165, 1.54) is 5.56 Å². The Balaban J connectivity index is 1.77. The maximum atomic E-state index is 12.4. The fraction of sp³-hybridized carbons (Fsp3) is 0.684. The van der Waals surface area contributed by atoms with Crippen LogP contribution in [-0.4, -0.2) is 53.5 Å². The van der Waals surface area contributed by atoms with Gasteiger partial charge in [0, 0.05) is 44.6 Å².